The van der Waals surface area contributed by atoms with Gasteiger partial charge in [0.25, 0.3) is 0 Å². The highest BCUT2D eigenvalue weighted by molar-refractivity contribution is 5.73. The Morgan fingerprint density at radius 3 is 2.82 bits per heavy atom. The third-order valence-electron chi connectivity index (χ3n) is 3.16. The zero-order chi connectivity index (χ0) is 12.1. The van der Waals surface area contributed by atoms with Crippen LogP contribution in [-0.2, 0) is 11.3 Å². The van der Waals surface area contributed by atoms with Crippen LogP contribution in [0.2, 0.25) is 0 Å². The lowest BCUT2D eigenvalue weighted by Gasteiger charge is -2.09. The van der Waals surface area contributed by atoms with E-state index in [1.807, 2.05) is 0 Å². The van der Waals surface area contributed by atoms with Gasteiger partial charge in [-0.25, -0.2) is 0 Å². The maximum Gasteiger partial charge on any atom is 0.217 e. The van der Waals surface area contributed by atoms with Crippen LogP contribution in [0, 0.1) is 0 Å². The van der Waals surface area contributed by atoms with E-state index in [0.717, 1.165) is 25.4 Å². The molecule has 1 fully saturated rings. The number of amides is 1. The molecule has 2 rings (SSSR count). The molecule has 1 aromatic carbocycles. The molecule has 0 aliphatic heterocycles. The van der Waals surface area contributed by atoms with Crippen LogP contribution in [0.25, 0.3) is 0 Å². The summed E-state index contributed by atoms with van der Waals surface area (Å²) < 4.78 is 0. The standard InChI is InChI=1S/C14H20N2O/c15-14(17)6-3-9-16-10-12-4-1-2-5-13(12)11-7-8-11/h1-2,4-5,11,16H,3,6-10H2,(H2,15,17). The summed E-state index contributed by atoms with van der Waals surface area (Å²) in [5.41, 5.74) is 7.98. The number of nitrogens with two attached hydrogens (primary N) is 1. The molecule has 3 heteroatoms. The zero-order valence-corrected chi connectivity index (χ0v) is 10.1. The molecule has 17 heavy (non-hydrogen) atoms. The van der Waals surface area contributed by atoms with Crippen LogP contribution >= 0.6 is 0 Å². The summed E-state index contributed by atoms with van der Waals surface area (Å²) in [6, 6.07) is 8.63. The molecular weight excluding hydrogens is 212 g/mol. The second kappa shape index (κ2) is 5.82. The first-order chi connectivity index (χ1) is 8.27. The molecule has 1 aromatic rings. The Kier molecular flexibility index (Phi) is 4.15. The van der Waals surface area contributed by atoms with Gasteiger partial charge in [0.2, 0.25) is 5.91 Å². The highest BCUT2D eigenvalue weighted by atomic mass is 16.1. The van der Waals surface area contributed by atoms with Crippen LogP contribution in [0.5, 0.6) is 0 Å². The minimum Gasteiger partial charge on any atom is -0.370 e. The lowest BCUT2D eigenvalue weighted by atomic mass is 10.0. The van der Waals surface area contributed by atoms with E-state index >= 15 is 0 Å². The highest BCUT2D eigenvalue weighted by Crippen LogP contribution is 2.41. The average Bonchev–Trinajstić information content (AvgIpc) is 3.13. The average molecular weight is 232 g/mol. The van der Waals surface area contributed by atoms with Gasteiger partial charge in [-0.2, -0.15) is 0 Å². The summed E-state index contributed by atoms with van der Waals surface area (Å²) >= 11 is 0. The van der Waals surface area contributed by atoms with Gasteiger partial charge in [-0.3, -0.25) is 4.79 Å². The largest absolute Gasteiger partial charge is 0.370 e. The second-order valence-electron chi connectivity index (χ2n) is 4.72. The number of primary amides is 1. The fourth-order valence-electron chi connectivity index (χ4n) is 2.10. The predicted octanol–water partition coefficient (Wildman–Crippen LogP) is 1.92. The molecule has 0 heterocycles. The first-order valence-electron chi connectivity index (χ1n) is 6.34. The molecule has 1 aliphatic rings. The van der Waals surface area contributed by atoms with E-state index in [4.69, 9.17) is 5.73 Å². The highest BCUT2D eigenvalue weighted by Gasteiger charge is 2.25. The first kappa shape index (κ1) is 12.1. The third kappa shape index (κ3) is 3.86. The summed E-state index contributed by atoms with van der Waals surface area (Å²) in [6.07, 6.45) is 3.95. The van der Waals surface area contributed by atoms with E-state index in [1.54, 1.807) is 0 Å². The lowest BCUT2D eigenvalue weighted by Crippen LogP contribution is -2.18. The third-order valence-corrected chi connectivity index (χ3v) is 3.16. The van der Waals surface area contributed by atoms with Gasteiger partial charge < -0.3 is 11.1 Å². The van der Waals surface area contributed by atoms with Gasteiger partial charge in [0, 0.05) is 13.0 Å². The van der Waals surface area contributed by atoms with E-state index in [2.05, 4.69) is 29.6 Å². The number of hydrogen-bond acceptors (Lipinski definition) is 2. The number of hydrogen-bond donors (Lipinski definition) is 2. The van der Waals surface area contributed by atoms with Gasteiger partial charge in [-0.05, 0) is 42.9 Å². The Balaban J connectivity index is 1.76. The van der Waals surface area contributed by atoms with Crippen LogP contribution in [0.1, 0.15) is 42.7 Å². The van der Waals surface area contributed by atoms with Gasteiger partial charge in [0.15, 0.2) is 0 Å². The molecule has 0 spiro atoms. The Morgan fingerprint density at radius 1 is 1.35 bits per heavy atom. The summed E-state index contributed by atoms with van der Waals surface area (Å²) in [5, 5.41) is 3.37. The lowest BCUT2D eigenvalue weighted by molar-refractivity contribution is -0.118. The van der Waals surface area contributed by atoms with Gasteiger partial charge in [-0.1, -0.05) is 24.3 Å². The fourth-order valence-corrected chi connectivity index (χ4v) is 2.10. The Morgan fingerprint density at radius 2 is 2.12 bits per heavy atom. The summed E-state index contributed by atoms with van der Waals surface area (Å²) in [7, 11) is 0. The normalized spacial score (nSPS) is 14.8. The first-order valence-corrected chi connectivity index (χ1v) is 6.34. The Bertz CT molecular complexity index is 386. The molecule has 0 bridgehead atoms. The van der Waals surface area contributed by atoms with Crippen molar-refractivity contribution < 1.29 is 4.79 Å². The molecule has 0 unspecified atom stereocenters. The quantitative estimate of drug-likeness (QED) is 0.706. The van der Waals surface area contributed by atoms with Crippen LogP contribution in [0.3, 0.4) is 0 Å². The van der Waals surface area contributed by atoms with Crippen molar-refractivity contribution in [1.29, 1.82) is 0 Å². The van der Waals surface area contributed by atoms with Crippen molar-refractivity contribution in [2.45, 2.75) is 38.1 Å². The van der Waals surface area contributed by atoms with E-state index in [1.165, 1.54) is 24.0 Å². The van der Waals surface area contributed by atoms with Crippen LogP contribution in [-0.4, -0.2) is 12.5 Å². The number of rotatable bonds is 7. The molecule has 1 saturated carbocycles. The van der Waals surface area contributed by atoms with Crippen LogP contribution < -0.4 is 11.1 Å². The Hall–Kier alpha value is -1.35. The second-order valence-corrected chi connectivity index (χ2v) is 4.72. The van der Waals surface area contributed by atoms with Crippen molar-refractivity contribution in [3.05, 3.63) is 35.4 Å². The summed E-state index contributed by atoms with van der Waals surface area (Å²) in [4.78, 5) is 10.6. The molecular formula is C14H20N2O. The molecule has 0 saturated heterocycles. The topological polar surface area (TPSA) is 55.1 Å². The number of carbonyl (C=O) groups excluding carboxylic acids is 1. The molecule has 1 aliphatic carbocycles. The van der Waals surface area contributed by atoms with Gasteiger partial charge >= 0.3 is 0 Å². The molecule has 3 nitrogen and oxygen atoms in total. The molecule has 0 atom stereocenters. The van der Waals surface area contributed by atoms with Gasteiger partial charge in [-0.15, -0.1) is 0 Å². The van der Waals surface area contributed by atoms with Crippen molar-refractivity contribution in [1.82, 2.24) is 5.32 Å². The zero-order valence-electron chi connectivity index (χ0n) is 10.1. The Labute approximate surface area is 102 Å². The van der Waals surface area contributed by atoms with Gasteiger partial charge in [0.05, 0.1) is 0 Å². The van der Waals surface area contributed by atoms with E-state index in [-0.39, 0.29) is 5.91 Å². The minimum absolute atomic E-state index is 0.217. The van der Waals surface area contributed by atoms with Crippen molar-refractivity contribution in [3.8, 4) is 0 Å². The number of nitrogens with one attached hydrogen (secondary N) is 1. The van der Waals surface area contributed by atoms with Crippen molar-refractivity contribution in [3.63, 3.8) is 0 Å². The maximum atomic E-state index is 10.6. The molecule has 92 valence electrons. The van der Waals surface area contributed by atoms with Gasteiger partial charge in [0.1, 0.15) is 0 Å². The van der Waals surface area contributed by atoms with Crippen molar-refractivity contribution in [2.75, 3.05) is 6.54 Å². The summed E-state index contributed by atoms with van der Waals surface area (Å²) in [5.74, 6) is 0.573. The molecule has 0 aromatic heterocycles. The molecule has 3 N–H and O–H groups in total. The summed E-state index contributed by atoms with van der Waals surface area (Å²) in [6.45, 7) is 1.74. The SMILES string of the molecule is NC(=O)CCCNCc1ccccc1C1CC1. The van der Waals surface area contributed by atoms with E-state index in [0.29, 0.717) is 6.42 Å². The maximum absolute atomic E-state index is 10.6. The fraction of sp³-hybridized carbons (Fsp3) is 0.500. The van der Waals surface area contributed by atoms with Crippen LogP contribution in [0.15, 0.2) is 24.3 Å². The monoisotopic (exact) mass is 232 g/mol. The number of carbonyl (C=O) groups is 1. The number of benzene rings is 1. The minimum atomic E-state index is -0.217. The van der Waals surface area contributed by atoms with Crippen molar-refractivity contribution >= 4 is 5.91 Å². The van der Waals surface area contributed by atoms with E-state index in [9.17, 15) is 4.79 Å². The molecule has 0 radical (unpaired) electrons. The van der Waals surface area contributed by atoms with Crippen molar-refractivity contribution in [2.24, 2.45) is 5.73 Å². The predicted molar refractivity (Wildman–Crippen MR) is 68.6 cm³/mol. The van der Waals surface area contributed by atoms with E-state index < -0.39 is 0 Å². The smallest absolute Gasteiger partial charge is 0.217 e. The molecule has 1 amide bonds. The van der Waals surface area contributed by atoms with Crippen LogP contribution in [0.4, 0.5) is 0 Å².